The highest BCUT2D eigenvalue weighted by atomic mass is 35.5. The summed E-state index contributed by atoms with van der Waals surface area (Å²) in [6.45, 7) is -0.742. The molecule has 0 saturated heterocycles. The number of pyridine rings is 1. The zero-order valence-electron chi connectivity index (χ0n) is 9.65. The van der Waals surface area contributed by atoms with Gasteiger partial charge < -0.3 is 5.32 Å². The largest absolute Gasteiger partial charge is 0.408 e. The van der Waals surface area contributed by atoms with Crippen molar-refractivity contribution in [2.24, 2.45) is 0 Å². The number of alkyl halides is 3. The highest BCUT2D eigenvalue weighted by Crippen LogP contribution is 2.17. The van der Waals surface area contributed by atoms with Crippen molar-refractivity contribution >= 4 is 17.4 Å². The first-order chi connectivity index (χ1) is 8.92. The van der Waals surface area contributed by atoms with Crippen molar-refractivity contribution in [2.75, 3.05) is 5.32 Å². The second kappa shape index (κ2) is 5.48. The van der Waals surface area contributed by atoms with E-state index in [0.717, 1.165) is 10.4 Å². The molecule has 2 aromatic rings. The molecule has 4 nitrogen and oxygen atoms in total. The van der Waals surface area contributed by atoms with Crippen LogP contribution in [0, 0.1) is 0 Å². The van der Waals surface area contributed by atoms with Crippen molar-refractivity contribution in [2.45, 2.75) is 19.3 Å². The van der Waals surface area contributed by atoms with E-state index < -0.39 is 12.7 Å². The Hall–Kier alpha value is -1.76. The van der Waals surface area contributed by atoms with Gasteiger partial charge in [0.05, 0.1) is 17.3 Å². The van der Waals surface area contributed by atoms with Crippen LogP contribution in [-0.4, -0.2) is 20.9 Å². The lowest BCUT2D eigenvalue weighted by Gasteiger charge is -2.06. The third kappa shape index (κ3) is 4.44. The number of nitrogens with one attached hydrogen (secondary N) is 1. The number of aromatic nitrogens is 3. The van der Waals surface area contributed by atoms with Crippen LogP contribution in [0.25, 0.3) is 0 Å². The number of hydrogen-bond donors (Lipinski definition) is 1. The van der Waals surface area contributed by atoms with E-state index in [4.69, 9.17) is 11.6 Å². The Labute approximate surface area is 112 Å². The zero-order chi connectivity index (χ0) is 13.9. The third-order valence-corrected chi connectivity index (χ3v) is 2.44. The smallest absolute Gasteiger partial charge is 0.363 e. The number of nitrogens with zero attached hydrogens (tertiary/aromatic N) is 3. The average molecular weight is 291 g/mol. The molecule has 2 aromatic heterocycles. The predicted octanol–water partition coefficient (Wildman–Crippen LogP) is 3.11. The van der Waals surface area contributed by atoms with Crippen LogP contribution in [-0.2, 0) is 13.1 Å². The molecule has 2 heterocycles. The summed E-state index contributed by atoms with van der Waals surface area (Å²) in [7, 11) is 0. The van der Waals surface area contributed by atoms with Gasteiger partial charge in [0.25, 0.3) is 0 Å². The summed E-state index contributed by atoms with van der Waals surface area (Å²) in [6, 6.07) is 4.89. The maximum atomic E-state index is 12.1. The summed E-state index contributed by atoms with van der Waals surface area (Å²) in [5.41, 5.74) is 0.717. The Bertz CT molecular complexity index is 536. The van der Waals surface area contributed by atoms with Gasteiger partial charge in [0.15, 0.2) is 0 Å². The normalized spacial score (nSPS) is 11.6. The summed E-state index contributed by atoms with van der Waals surface area (Å²) in [5.74, 6) is 0.362. The van der Waals surface area contributed by atoms with Crippen molar-refractivity contribution in [1.29, 1.82) is 0 Å². The Morgan fingerprint density at radius 1 is 1.26 bits per heavy atom. The summed E-state index contributed by atoms with van der Waals surface area (Å²) in [6.07, 6.45) is -1.51. The molecule has 0 radical (unpaired) electrons. The van der Waals surface area contributed by atoms with Gasteiger partial charge in [-0.15, -0.1) is 0 Å². The molecule has 0 aliphatic rings. The quantitative estimate of drug-likeness (QED) is 0.941. The lowest BCUT2D eigenvalue weighted by molar-refractivity contribution is -0.142. The Kier molecular flexibility index (Phi) is 3.94. The van der Waals surface area contributed by atoms with Crippen LogP contribution >= 0.6 is 11.6 Å². The Morgan fingerprint density at radius 3 is 2.68 bits per heavy atom. The molecule has 19 heavy (non-hydrogen) atoms. The van der Waals surface area contributed by atoms with Crippen molar-refractivity contribution in [3.05, 3.63) is 41.3 Å². The molecule has 0 aliphatic carbocycles. The molecule has 0 amide bonds. The number of rotatable bonds is 4. The molecule has 0 spiro atoms. The highest BCUT2D eigenvalue weighted by Gasteiger charge is 2.28. The van der Waals surface area contributed by atoms with Crippen LogP contribution in [0.1, 0.15) is 5.69 Å². The number of halogens is 4. The Morgan fingerprint density at radius 2 is 2.05 bits per heavy atom. The lowest BCUT2D eigenvalue weighted by Crippen LogP contribution is -2.18. The molecular weight excluding hydrogens is 281 g/mol. The van der Waals surface area contributed by atoms with Gasteiger partial charge in [-0.2, -0.15) is 18.3 Å². The molecule has 1 N–H and O–H groups in total. The third-order valence-electron chi connectivity index (χ3n) is 2.22. The summed E-state index contributed by atoms with van der Waals surface area (Å²) >= 11 is 5.69. The fourth-order valence-corrected chi connectivity index (χ4v) is 1.53. The van der Waals surface area contributed by atoms with Gasteiger partial charge in [-0.25, -0.2) is 0 Å². The molecule has 0 saturated carbocycles. The van der Waals surface area contributed by atoms with Crippen molar-refractivity contribution < 1.29 is 13.2 Å². The molecule has 0 unspecified atom stereocenters. The van der Waals surface area contributed by atoms with Crippen LogP contribution in [0.4, 0.5) is 19.0 Å². The van der Waals surface area contributed by atoms with Crippen LogP contribution in [0.3, 0.4) is 0 Å². The molecule has 2 rings (SSSR count). The molecular formula is C11H10ClF3N4. The minimum atomic E-state index is -4.28. The van der Waals surface area contributed by atoms with E-state index in [1.165, 1.54) is 18.5 Å². The van der Waals surface area contributed by atoms with Crippen LogP contribution < -0.4 is 5.32 Å². The predicted molar refractivity (Wildman–Crippen MR) is 64.9 cm³/mol. The first-order valence-corrected chi connectivity index (χ1v) is 5.75. The fraction of sp³-hybridized carbons (Fsp3) is 0.273. The lowest BCUT2D eigenvalue weighted by atomic mass is 10.3. The van der Waals surface area contributed by atoms with Gasteiger partial charge in [0.1, 0.15) is 12.4 Å². The van der Waals surface area contributed by atoms with E-state index in [0.29, 0.717) is 17.4 Å². The first kappa shape index (κ1) is 13.7. The minimum Gasteiger partial charge on any atom is -0.363 e. The van der Waals surface area contributed by atoms with Gasteiger partial charge in [-0.1, -0.05) is 11.6 Å². The van der Waals surface area contributed by atoms with Gasteiger partial charge in [-0.3, -0.25) is 9.67 Å². The van der Waals surface area contributed by atoms with Gasteiger partial charge in [0.2, 0.25) is 0 Å². The Balaban J connectivity index is 1.91. The SMILES string of the molecule is FC(F)(F)Cn1ccc(NCc2ccc(Cl)cn2)n1. The van der Waals surface area contributed by atoms with Gasteiger partial charge >= 0.3 is 6.18 Å². The summed E-state index contributed by atoms with van der Waals surface area (Å²) < 4.78 is 37.2. The van der Waals surface area contributed by atoms with Crippen LogP contribution in [0.15, 0.2) is 30.6 Å². The van der Waals surface area contributed by atoms with Crippen molar-refractivity contribution in [1.82, 2.24) is 14.8 Å². The number of hydrogen-bond acceptors (Lipinski definition) is 3. The average Bonchev–Trinajstić information content (AvgIpc) is 2.73. The van der Waals surface area contributed by atoms with Gasteiger partial charge in [-0.05, 0) is 12.1 Å². The van der Waals surface area contributed by atoms with E-state index in [2.05, 4.69) is 15.4 Å². The van der Waals surface area contributed by atoms with Crippen molar-refractivity contribution in [3.63, 3.8) is 0 Å². The van der Waals surface area contributed by atoms with E-state index in [9.17, 15) is 13.2 Å². The van der Waals surface area contributed by atoms with Crippen LogP contribution in [0.5, 0.6) is 0 Å². The van der Waals surface area contributed by atoms with Crippen molar-refractivity contribution in [3.8, 4) is 0 Å². The zero-order valence-corrected chi connectivity index (χ0v) is 10.4. The van der Waals surface area contributed by atoms with E-state index in [1.54, 1.807) is 12.1 Å². The molecule has 0 aromatic carbocycles. The molecule has 0 atom stereocenters. The topological polar surface area (TPSA) is 42.7 Å². The maximum Gasteiger partial charge on any atom is 0.408 e. The molecule has 0 aliphatic heterocycles. The maximum absolute atomic E-state index is 12.1. The molecule has 0 bridgehead atoms. The fourth-order valence-electron chi connectivity index (χ4n) is 1.42. The monoisotopic (exact) mass is 290 g/mol. The van der Waals surface area contributed by atoms with E-state index in [-0.39, 0.29) is 0 Å². The second-order valence-electron chi connectivity index (χ2n) is 3.84. The molecule has 0 fully saturated rings. The van der Waals surface area contributed by atoms with E-state index >= 15 is 0 Å². The first-order valence-electron chi connectivity index (χ1n) is 5.37. The second-order valence-corrected chi connectivity index (χ2v) is 4.27. The summed E-state index contributed by atoms with van der Waals surface area (Å²) in [5, 5.41) is 7.17. The molecule has 8 heteroatoms. The van der Waals surface area contributed by atoms with Crippen LogP contribution in [0.2, 0.25) is 5.02 Å². The highest BCUT2D eigenvalue weighted by molar-refractivity contribution is 6.30. The van der Waals surface area contributed by atoms with Gasteiger partial charge in [0, 0.05) is 18.5 Å². The number of anilines is 1. The molecule has 102 valence electrons. The summed E-state index contributed by atoms with van der Waals surface area (Å²) in [4.78, 5) is 4.05. The minimum absolute atomic E-state index is 0.361. The van der Waals surface area contributed by atoms with E-state index in [1.807, 2.05) is 0 Å². The standard InChI is InChI=1S/C11H10ClF3N4/c12-8-1-2-9(16-5-8)6-17-10-3-4-19(18-10)7-11(13,14)15/h1-5H,6-7H2,(H,17,18).